The highest BCUT2D eigenvalue weighted by molar-refractivity contribution is 7.99. The second kappa shape index (κ2) is 15.8. The van der Waals surface area contributed by atoms with E-state index in [9.17, 15) is 9.59 Å². The van der Waals surface area contributed by atoms with Crippen LogP contribution in [0.1, 0.15) is 44.6 Å². The van der Waals surface area contributed by atoms with Crippen LogP contribution in [0.25, 0.3) is 0 Å². The van der Waals surface area contributed by atoms with Gasteiger partial charge in [0.2, 0.25) is 0 Å². The number of thiophene rings is 1. The molecule has 3 heterocycles. The van der Waals surface area contributed by atoms with E-state index in [4.69, 9.17) is 19.3 Å². The Hall–Kier alpha value is -5.14. The monoisotopic (exact) mass is 696 g/mol. The lowest BCUT2D eigenvalue weighted by Crippen LogP contribution is -2.28. The van der Waals surface area contributed by atoms with Gasteiger partial charge in [-0.3, -0.25) is 9.59 Å². The number of nitrogens with zero attached hydrogens (tertiary/aromatic N) is 5. The molecule has 11 nitrogen and oxygen atoms in total. The van der Waals surface area contributed by atoms with Gasteiger partial charge in [0, 0.05) is 18.5 Å². The van der Waals surface area contributed by atoms with Crippen molar-refractivity contribution in [1.82, 2.24) is 25.1 Å². The second-order valence-electron chi connectivity index (χ2n) is 11.1. The van der Waals surface area contributed by atoms with Crippen LogP contribution in [0.5, 0.6) is 17.2 Å². The van der Waals surface area contributed by atoms with E-state index in [2.05, 4.69) is 27.6 Å². The summed E-state index contributed by atoms with van der Waals surface area (Å²) in [6.45, 7) is 0.706. The molecule has 0 spiro atoms. The average molecular weight is 697 g/mol. The molecule has 1 N–H and O–H groups in total. The van der Waals surface area contributed by atoms with Crippen molar-refractivity contribution in [2.24, 2.45) is 5.10 Å². The lowest BCUT2D eigenvalue weighted by atomic mass is 10.0. The van der Waals surface area contributed by atoms with Gasteiger partial charge in [0.25, 0.3) is 11.8 Å². The molecule has 0 fully saturated rings. The first kappa shape index (κ1) is 33.7. The Balaban J connectivity index is 1.19. The Labute approximate surface area is 292 Å². The third kappa shape index (κ3) is 7.95. The average Bonchev–Trinajstić information content (AvgIpc) is 3.93. The van der Waals surface area contributed by atoms with E-state index in [1.54, 1.807) is 48.8 Å². The molecule has 13 heteroatoms. The molecule has 3 aromatic carbocycles. The summed E-state index contributed by atoms with van der Waals surface area (Å²) >= 11 is 2.91. The van der Waals surface area contributed by atoms with Gasteiger partial charge in [-0.2, -0.15) is 5.10 Å². The summed E-state index contributed by atoms with van der Waals surface area (Å²) in [6.07, 6.45) is 1.33. The van der Waals surface area contributed by atoms with Crippen LogP contribution in [-0.4, -0.2) is 64.4 Å². The van der Waals surface area contributed by atoms with Crippen LogP contribution in [0.2, 0.25) is 0 Å². The molecule has 0 radical (unpaired) electrons. The van der Waals surface area contributed by atoms with Crippen LogP contribution in [0.15, 0.2) is 101 Å². The van der Waals surface area contributed by atoms with Gasteiger partial charge in [-0.05, 0) is 59.3 Å². The standard InChI is InChI=1S/C36H36N6O5S2/c1-45-27-14-11-25(12-15-27)29-21-28(32-10-7-19-48-32)40-42(29)34(43)23-49-36-39-38-33(41(36)18-17-24-8-5-4-6-9-24)22-37-35(44)26-13-16-30(46-2)31(20-26)47-3/h4-16,19-20,29H,17-18,21-23H2,1-3H3,(H,37,44)/t29-/m0/s1. The minimum atomic E-state index is -0.291. The number of aryl methyl sites for hydroxylation is 1. The number of methoxy groups -OCH3 is 3. The number of hydrogen-bond donors (Lipinski definition) is 1. The summed E-state index contributed by atoms with van der Waals surface area (Å²) in [5.74, 6) is 2.00. The van der Waals surface area contributed by atoms with E-state index < -0.39 is 0 Å². The lowest BCUT2D eigenvalue weighted by molar-refractivity contribution is -0.130. The first-order valence-electron chi connectivity index (χ1n) is 15.6. The van der Waals surface area contributed by atoms with Crippen molar-refractivity contribution in [3.63, 3.8) is 0 Å². The summed E-state index contributed by atoms with van der Waals surface area (Å²) in [4.78, 5) is 28.0. The van der Waals surface area contributed by atoms with Gasteiger partial charge >= 0.3 is 0 Å². The third-order valence-corrected chi connectivity index (χ3v) is 9.98. The number of nitrogens with one attached hydrogen (secondary N) is 1. The van der Waals surface area contributed by atoms with Crippen LogP contribution >= 0.6 is 23.1 Å². The maximum Gasteiger partial charge on any atom is 0.253 e. The van der Waals surface area contributed by atoms with Gasteiger partial charge in [-0.15, -0.1) is 21.5 Å². The molecule has 0 unspecified atom stereocenters. The highest BCUT2D eigenvalue weighted by Crippen LogP contribution is 2.35. The highest BCUT2D eigenvalue weighted by Gasteiger charge is 2.33. The van der Waals surface area contributed by atoms with E-state index in [1.807, 2.05) is 64.5 Å². The summed E-state index contributed by atoms with van der Waals surface area (Å²) < 4.78 is 18.0. The first-order chi connectivity index (χ1) is 24.0. The van der Waals surface area contributed by atoms with Gasteiger partial charge in [0.05, 0.1) is 50.3 Å². The van der Waals surface area contributed by atoms with Crippen molar-refractivity contribution in [3.05, 3.63) is 118 Å². The summed E-state index contributed by atoms with van der Waals surface area (Å²) in [7, 11) is 4.70. The Morgan fingerprint density at radius 3 is 2.43 bits per heavy atom. The van der Waals surface area contributed by atoms with E-state index in [1.165, 1.54) is 18.9 Å². The Kier molecular flexibility index (Phi) is 10.9. The van der Waals surface area contributed by atoms with Crippen LogP contribution in [-0.2, 0) is 24.3 Å². The van der Waals surface area contributed by atoms with Crippen LogP contribution in [0.3, 0.4) is 0 Å². The Morgan fingerprint density at radius 2 is 1.71 bits per heavy atom. The molecule has 252 valence electrons. The molecule has 0 aliphatic carbocycles. The largest absolute Gasteiger partial charge is 0.497 e. The lowest BCUT2D eigenvalue weighted by Gasteiger charge is -2.22. The zero-order valence-electron chi connectivity index (χ0n) is 27.4. The number of hydrazone groups is 1. The van der Waals surface area contributed by atoms with Gasteiger partial charge in [0.15, 0.2) is 22.5 Å². The number of benzene rings is 3. The third-order valence-electron chi connectivity index (χ3n) is 8.11. The normalized spacial score (nSPS) is 14.0. The number of carbonyl (C=O) groups is 2. The molecule has 1 atom stereocenters. The SMILES string of the molecule is COc1ccc([C@@H]2CC(c3cccs3)=NN2C(=O)CSc2nnc(CNC(=O)c3ccc(OC)c(OC)c3)n2CCc2ccccc2)cc1. The number of ether oxygens (including phenoxy) is 3. The number of aromatic nitrogens is 3. The quantitative estimate of drug-likeness (QED) is 0.140. The Bertz CT molecular complexity index is 1910. The number of carbonyl (C=O) groups excluding carboxylic acids is 2. The van der Waals surface area contributed by atoms with Gasteiger partial charge in [-0.1, -0.05) is 60.3 Å². The van der Waals surface area contributed by atoms with E-state index in [-0.39, 0.29) is 30.2 Å². The molecular formula is C36H36N6O5S2. The molecule has 1 aliphatic heterocycles. The number of thioether (sulfide) groups is 1. The van der Waals surface area contributed by atoms with Gasteiger partial charge < -0.3 is 24.1 Å². The number of hydrogen-bond acceptors (Lipinski definition) is 10. The van der Waals surface area contributed by atoms with Crippen molar-refractivity contribution in [1.29, 1.82) is 0 Å². The maximum absolute atomic E-state index is 13.9. The van der Waals surface area contributed by atoms with Crippen molar-refractivity contribution in [2.75, 3.05) is 27.1 Å². The zero-order chi connectivity index (χ0) is 34.2. The molecule has 6 rings (SSSR count). The summed E-state index contributed by atoms with van der Waals surface area (Å²) in [6, 6.07) is 26.6. The summed E-state index contributed by atoms with van der Waals surface area (Å²) in [5, 5.41) is 20.8. The van der Waals surface area contributed by atoms with Crippen molar-refractivity contribution >= 4 is 40.6 Å². The molecular weight excluding hydrogens is 661 g/mol. The number of amides is 2. The Morgan fingerprint density at radius 1 is 0.918 bits per heavy atom. The first-order valence-corrected chi connectivity index (χ1v) is 17.5. The fourth-order valence-corrected chi connectivity index (χ4v) is 7.07. The minimum absolute atomic E-state index is 0.106. The van der Waals surface area contributed by atoms with Crippen molar-refractivity contribution in [3.8, 4) is 17.2 Å². The molecule has 5 aromatic rings. The fourth-order valence-electron chi connectivity index (χ4n) is 5.52. The van der Waals surface area contributed by atoms with Crippen LogP contribution in [0.4, 0.5) is 0 Å². The molecule has 1 aliphatic rings. The van der Waals surface area contributed by atoms with Crippen molar-refractivity contribution in [2.45, 2.75) is 37.1 Å². The highest BCUT2D eigenvalue weighted by atomic mass is 32.2. The summed E-state index contributed by atoms with van der Waals surface area (Å²) in [5.41, 5.74) is 3.44. The van der Waals surface area contributed by atoms with E-state index in [0.717, 1.165) is 33.9 Å². The topological polar surface area (TPSA) is 120 Å². The smallest absolute Gasteiger partial charge is 0.253 e. The van der Waals surface area contributed by atoms with Crippen LogP contribution in [0, 0.1) is 0 Å². The molecule has 49 heavy (non-hydrogen) atoms. The molecule has 0 saturated heterocycles. The fraction of sp³-hybridized carbons (Fsp3) is 0.250. The van der Waals surface area contributed by atoms with Crippen molar-refractivity contribution < 1.29 is 23.8 Å². The second-order valence-corrected chi connectivity index (χ2v) is 13.0. The number of rotatable bonds is 14. The zero-order valence-corrected chi connectivity index (χ0v) is 29.0. The molecule has 0 bridgehead atoms. The molecule has 2 aromatic heterocycles. The predicted molar refractivity (Wildman–Crippen MR) is 190 cm³/mol. The van der Waals surface area contributed by atoms with Gasteiger partial charge in [-0.25, -0.2) is 5.01 Å². The maximum atomic E-state index is 13.9. The minimum Gasteiger partial charge on any atom is -0.497 e. The predicted octanol–water partition coefficient (Wildman–Crippen LogP) is 6.01. The van der Waals surface area contributed by atoms with E-state index in [0.29, 0.717) is 41.0 Å². The van der Waals surface area contributed by atoms with Gasteiger partial charge in [0.1, 0.15) is 5.75 Å². The molecule has 2 amide bonds. The van der Waals surface area contributed by atoms with Crippen LogP contribution < -0.4 is 19.5 Å². The molecule has 0 saturated carbocycles. The van der Waals surface area contributed by atoms with E-state index >= 15 is 0 Å².